The number of unbranched alkanes of at least 4 members (excludes halogenated alkanes) is 1. The molecule has 0 saturated carbocycles. The maximum Gasteiger partial charge on any atom is 0.410 e. The lowest BCUT2D eigenvalue weighted by Crippen LogP contribution is -2.46. The van der Waals surface area contributed by atoms with Crippen molar-refractivity contribution < 1.29 is 33.7 Å². The molecule has 3 aromatic carbocycles. The van der Waals surface area contributed by atoms with Gasteiger partial charge in [-0.1, -0.05) is 73.3 Å². The normalized spacial score (nSPS) is 13.1. The van der Waals surface area contributed by atoms with Gasteiger partial charge in [-0.25, -0.2) is 9.59 Å². The predicted molar refractivity (Wildman–Crippen MR) is 166 cm³/mol. The molecule has 2 atom stereocenters. The molecular formula is C32H35Cl2N3O7. The number of nitrogens with one attached hydrogen (secondary N) is 2. The summed E-state index contributed by atoms with van der Waals surface area (Å²) >= 11 is 12.1. The molecule has 3 N–H and O–H groups in total. The molecule has 10 nitrogen and oxygen atoms in total. The number of urea groups is 1. The third-order valence-electron chi connectivity index (χ3n) is 6.96. The number of amides is 3. The second-order valence-corrected chi connectivity index (χ2v) is 11.3. The van der Waals surface area contributed by atoms with Crippen LogP contribution in [0.4, 0.5) is 9.59 Å². The number of benzene rings is 3. The number of halogens is 2. The minimum absolute atomic E-state index is 0.0718. The first-order valence-electron chi connectivity index (χ1n) is 14.3. The smallest absolute Gasteiger partial charge is 0.410 e. The number of carbonyl (C=O) groups excluding carboxylic acids is 2. The van der Waals surface area contributed by atoms with Crippen LogP contribution in [0.2, 0.25) is 10.0 Å². The summed E-state index contributed by atoms with van der Waals surface area (Å²) in [6.45, 7) is 2.57. The van der Waals surface area contributed by atoms with E-state index in [1.54, 1.807) is 47.4 Å². The van der Waals surface area contributed by atoms with Crippen molar-refractivity contribution in [3.63, 3.8) is 0 Å². The van der Waals surface area contributed by atoms with Gasteiger partial charge in [-0.15, -0.1) is 0 Å². The summed E-state index contributed by atoms with van der Waals surface area (Å²) in [7, 11) is 0. The van der Waals surface area contributed by atoms with Crippen LogP contribution in [-0.2, 0) is 22.6 Å². The topological polar surface area (TPSA) is 126 Å². The molecule has 4 rings (SSSR count). The Morgan fingerprint density at radius 2 is 1.52 bits per heavy atom. The molecule has 0 aliphatic carbocycles. The first kappa shape index (κ1) is 32.8. The lowest BCUT2D eigenvalue weighted by Gasteiger charge is -2.25. The number of hydrogen-bond acceptors (Lipinski definition) is 6. The second-order valence-electron chi connectivity index (χ2n) is 10.4. The summed E-state index contributed by atoms with van der Waals surface area (Å²) in [5, 5.41) is 16.3. The van der Waals surface area contributed by atoms with Gasteiger partial charge in [-0.05, 0) is 59.5 Å². The van der Waals surface area contributed by atoms with Crippen LogP contribution in [0.1, 0.15) is 55.3 Å². The zero-order valence-corrected chi connectivity index (χ0v) is 25.8. The quantitative estimate of drug-likeness (QED) is 0.174. The Bertz CT molecular complexity index is 1370. The van der Waals surface area contributed by atoms with Crippen LogP contribution in [0.5, 0.6) is 11.5 Å². The Morgan fingerprint density at radius 1 is 0.909 bits per heavy atom. The summed E-state index contributed by atoms with van der Waals surface area (Å²) < 4.78 is 16.5. The van der Waals surface area contributed by atoms with Gasteiger partial charge < -0.3 is 30.0 Å². The van der Waals surface area contributed by atoms with Crippen molar-refractivity contribution in [2.24, 2.45) is 0 Å². The number of carboxylic acids is 1. The molecule has 0 radical (unpaired) electrons. The minimum Gasteiger partial charge on any atom is -0.481 e. The van der Waals surface area contributed by atoms with Gasteiger partial charge in [0.05, 0.1) is 18.5 Å². The SMILES string of the molecule is CCCCC(COC(=O)N(Cc1ccc(Cl)cc1)Cc1ccc(Cl)cc1)NC(=O)NC(CC(=O)O)c1ccc2c(c1)OCO2. The number of carboxylic acid groups (broad SMARTS) is 1. The Labute approximate surface area is 266 Å². The van der Waals surface area contributed by atoms with E-state index in [2.05, 4.69) is 10.6 Å². The molecule has 3 amide bonds. The molecule has 3 aromatic rings. The fourth-order valence-corrected chi connectivity index (χ4v) is 4.91. The van der Waals surface area contributed by atoms with Crippen LogP contribution in [0.3, 0.4) is 0 Å². The molecule has 1 heterocycles. The average molecular weight is 645 g/mol. The van der Waals surface area contributed by atoms with Crippen molar-refractivity contribution in [1.29, 1.82) is 0 Å². The van der Waals surface area contributed by atoms with E-state index >= 15 is 0 Å². The van der Waals surface area contributed by atoms with Gasteiger partial charge >= 0.3 is 18.1 Å². The lowest BCUT2D eigenvalue weighted by atomic mass is 10.0. The largest absolute Gasteiger partial charge is 0.481 e. The number of fused-ring (bicyclic) bond motifs is 1. The third-order valence-corrected chi connectivity index (χ3v) is 7.47. The van der Waals surface area contributed by atoms with Gasteiger partial charge in [-0.2, -0.15) is 0 Å². The first-order valence-corrected chi connectivity index (χ1v) is 15.0. The molecule has 2 unspecified atom stereocenters. The van der Waals surface area contributed by atoms with Crippen LogP contribution in [0, 0.1) is 0 Å². The highest BCUT2D eigenvalue weighted by Crippen LogP contribution is 2.34. The van der Waals surface area contributed by atoms with Crippen molar-refractivity contribution in [1.82, 2.24) is 15.5 Å². The van der Waals surface area contributed by atoms with Crippen molar-refractivity contribution in [2.75, 3.05) is 13.4 Å². The van der Waals surface area contributed by atoms with Crippen LogP contribution >= 0.6 is 23.2 Å². The Morgan fingerprint density at radius 3 is 2.11 bits per heavy atom. The van der Waals surface area contributed by atoms with E-state index in [4.69, 9.17) is 37.4 Å². The minimum atomic E-state index is -1.08. The molecular weight excluding hydrogens is 609 g/mol. The Hall–Kier alpha value is -4.15. The summed E-state index contributed by atoms with van der Waals surface area (Å²) in [5.74, 6) is -0.0460. The highest BCUT2D eigenvalue weighted by molar-refractivity contribution is 6.30. The van der Waals surface area contributed by atoms with Gasteiger partial charge in [0.2, 0.25) is 6.79 Å². The van der Waals surface area contributed by atoms with Crippen LogP contribution in [0.15, 0.2) is 66.7 Å². The molecule has 1 aliphatic rings. The number of ether oxygens (including phenoxy) is 3. The van der Waals surface area contributed by atoms with Gasteiger partial charge in [0.25, 0.3) is 0 Å². The maximum absolute atomic E-state index is 13.4. The summed E-state index contributed by atoms with van der Waals surface area (Å²) in [6, 6.07) is 17.5. The van der Waals surface area contributed by atoms with E-state index < -0.39 is 30.2 Å². The number of carbonyl (C=O) groups is 3. The number of rotatable bonds is 14. The molecule has 0 aromatic heterocycles. The van der Waals surface area contributed by atoms with Gasteiger partial charge in [0.15, 0.2) is 11.5 Å². The van der Waals surface area contributed by atoms with Gasteiger partial charge in [0, 0.05) is 23.1 Å². The summed E-state index contributed by atoms with van der Waals surface area (Å²) in [6.07, 6.45) is 1.31. The number of nitrogens with zero attached hydrogens (tertiary/aromatic N) is 1. The molecule has 0 saturated heterocycles. The maximum atomic E-state index is 13.4. The molecule has 0 bridgehead atoms. The standard InChI is InChI=1S/C32H35Cl2N3O7/c1-2-3-4-26(35-31(40)36-27(16-30(38)39)23-9-14-28-29(15-23)44-20-43-28)19-42-32(41)37(17-21-5-10-24(33)11-6-21)18-22-7-12-25(34)13-8-22/h5-15,26-27H,2-4,16-20H2,1H3,(H,38,39)(H2,35,36,40). The van der Waals surface area contributed by atoms with E-state index in [1.807, 2.05) is 31.2 Å². The molecule has 0 fully saturated rings. The first-order chi connectivity index (χ1) is 21.2. The zero-order valence-electron chi connectivity index (χ0n) is 24.3. The van der Waals surface area contributed by atoms with E-state index in [1.165, 1.54) is 0 Å². The molecule has 234 valence electrons. The highest BCUT2D eigenvalue weighted by atomic mass is 35.5. The Kier molecular flexibility index (Phi) is 12.0. The lowest BCUT2D eigenvalue weighted by molar-refractivity contribution is -0.137. The fourth-order valence-electron chi connectivity index (χ4n) is 4.66. The van der Waals surface area contributed by atoms with E-state index in [0.29, 0.717) is 33.5 Å². The van der Waals surface area contributed by atoms with Gasteiger partial charge in [0.1, 0.15) is 6.61 Å². The highest BCUT2D eigenvalue weighted by Gasteiger charge is 2.24. The summed E-state index contributed by atoms with van der Waals surface area (Å²) in [4.78, 5) is 39.6. The van der Waals surface area contributed by atoms with E-state index in [9.17, 15) is 19.5 Å². The Balaban J connectivity index is 1.41. The van der Waals surface area contributed by atoms with Crippen molar-refractivity contribution >= 4 is 41.3 Å². The number of aliphatic carboxylic acids is 1. The van der Waals surface area contributed by atoms with E-state index in [0.717, 1.165) is 24.0 Å². The molecule has 12 heteroatoms. The average Bonchev–Trinajstić information content (AvgIpc) is 3.48. The van der Waals surface area contributed by atoms with Crippen LogP contribution < -0.4 is 20.1 Å². The fraction of sp³-hybridized carbons (Fsp3) is 0.344. The zero-order chi connectivity index (χ0) is 31.5. The summed E-state index contributed by atoms with van der Waals surface area (Å²) in [5.41, 5.74) is 2.30. The van der Waals surface area contributed by atoms with Crippen LogP contribution in [0.25, 0.3) is 0 Å². The van der Waals surface area contributed by atoms with Crippen molar-refractivity contribution in [3.8, 4) is 11.5 Å². The molecule has 1 aliphatic heterocycles. The number of hydrogen-bond donors (Lipinski definition) is 3. The monoisotopic (exact) mass is 643 g/mol. The molecule has 0 spiro atoms. The second kappa shape index (κ2) is 16.1. The third kappa shape index (κ3) is 9.96. The molecule has 44 heavy (non-hydrogen) atoms. The van der Waals surface area contributed by atoms with Crippen LogP contribution in [-0.4, -0.2) is 47.5 Å². The van der Waals surface area contributed by atoms with Crippen molar-refractivity contribution in [3.05, 3.63) is 93.5 Å². The predicted octanol–water partition coefficient (Wildman–Crippen LogP) is 6.93. The van der Waals surface area contributed by atoms with E-state index in [-0.39, 0.29) is 32.9 Å². The van der Waals surface area contributed by atoms with Crippen molar-refractivity contribution in [2.45, 2.75) is 57.8 Å². The van der Waals surface area contributed by atoms with Gasteiger partial charge in [-0.3, -0.25) is 9.69 Å².